The van der Waals surface area contributed by atoms with Crippen molar-refractivity contribution in [1.82, 2.24) is 15.0 Å². The molecule has 0 unspecified atom stereocenters. The number of aromatic nitrogens is 3. The van der Waals surface area contributed by atoms with E-state index in [9.17, 15) is 0 Å². The van der Waals surface area contributed by atoms with Gasteiger partial charge in [0.25, 0.3) is 0 Å². The van der Waals surface area contributed by atoms with Crippen molar-refractivity contribution in [3.05, 3.63) is 23.3 Å². The molecule has 2 aromatic rings. The van der Waals surface area contributed by atoms with E-state index < -0.39 is 0 Å². The lowest BCUT2D eigenvalue weighted by molar-refractivity contribution is 0.312. The fraction of sp³-hybridized carbons (Fsp3) is 0.400. The maximum atomic E-state index is 5.40. The van der Waals surface area contributed by atoms with Crippen molar-refractivity contribution in [2.45, 2.75) is 20.8 Å². The maximum Gasteiger partial charge on any atom is 0.321 e. The molecule has 1 N–H and O–H groups in total. The number of nitrogens with zero attached hydrogens (tertiary/aromatic N) is 3. The minimum atomic E-state index is 0.319. The number of hydrogen-bond acceptors (Lipinski definition) is 6. The summed E-state index contributed by atoms with van der Waals surface area (Å²) in [7, 11) is 3.43. The summed E-state index contributed by atoms with van der Waals surface area (Å²) in [5.74, 6) is 1.92. The summed E-state index contributed by atoms with van der Waals surface area (Å²) in [5, 5.41) is 2.93. The molecule has 1 aromatic heterocycles. The number of nitrogens with one attached hydrogen (secondary N) is 1. The molecule has 6 nitrogen and oxygen atoms in total. The molecule has 0 spiro atoms. The third-order valence-electron chi connectivity index (χ3n) is 3.09. The Morgan fingerprint density at radius 1 is 1.10 bits per heavy atom. The van der Waals surface area contributed by atoms with Crippen molar-refractivity contribution in [3.8, 4) is 23.1 Å². The number of aryl methyl sites for hydroxylation is 2. The van der Waals surface area contributed by atoms with E-state index in [1.54, 1.807) is 14.2 Å². The lowest BCUT2D eigenvalue weighted by Crippen LogP contribution is -2.05. The fourth-order valence-electron chi connectivity index (χ4n) is 2.03. The number of hydrogen-bond donors (Lipinski definition) is 1. The molecule has 0 aliphatic carbocycles. The molecule has 0 aliphatic heterocycles. The fourth-order valence-corrected chi connectivity index (χ4v) is 2.03. The van der Waals surface area contributed by atoms with Gasteiger partial charge in [-0.3, -0.25) is 0 Å². The van der Waals surface area contributed by atoms with Crippen LogP contribution in [0.5, 0.6) is 11.8 Å². The molecule has 0 aliphatic rings. The van der Waals surface area contributed by atoms with Gasteiger partial charge in [0, 0.05) is 12.6 Å². The lowest BCUT2D eigenvalue weighted by atomic mass is 10.0. The third-order valence-corrected chi connectivity index (χ3v) is 3.09. The van der Waals surface area contributed by atoms with Crippen LogP contribution in [0, 0.1) is 13.8 Å². The minimum Gasteiger partial charge on any atom is -0.496 e. The van der Waals surface area contributed by atoms with Crippen LogP contribution in [-0.4, -0.2) is 35.7 Å². The van der Waals surface area contributed by atoms with Crippen LogP contribution in [0.1, 0.15) is 18.1 Å². The van der Waals surface area contributed by atoms with Crippen LogP contribution in [0.3, 0.4) is 0 Å². The van der Waals surface area contributed by atoms with E-state index in [1.807, 2.05) is 32.9 Å². The zero-order chi connectivity index (χ0) is 15.4. The zero-order valence-electron chi connectivity index (χ0n) is 13.0. The van der Waals surface area contributed by atoms with Gasteiger partial charge in [0.1, 0.15) is 5.75 Å². The molecule has 0 bridgehead atoms. The average molecular weight is 288 g/mol. The predicted molar refractivity (Wildman–Crippen MR) is 82.0 cm³/mol. The van der Waals surface area contributed by atoms with Crippen LogP contribution in [0.15, 0.2) is 12.1 Å². The Morgan fingerprint density at radius 2 is 1.86 bits per heavy atom. The molecule has 1 aromatic carbocycles. The summed E-state index contributed by atoms with van der Waals surface area (Å²) in [5.41, 5.74) is 3.00. The first-order valence-corrected chi connectivity index (χ1v) is 6.81. The highest BCUT2D eigenvalue weighted by molar-refractivity contribution is 5.64. The Balaban J connectivity index is 2.55. The zero-order valence-corrected chi connectivity index (χ0v) is 13.0. The van der Waals surface area contributed by atoms with E-state index in [2.05, 4.69) is 20.3 Å². The predicted octanol–water partition coefficient (Wildman–Crippen LogP) is 2.60. The second kappa shape index (κ2) is 6.39. The van der Waals surface area contributed by atoms with Gasteiger partial charge >= 0.3 is 6.01 Å². The largest absolute Gasteiger partial charge is 0.496 e. The Labute approximate surface area is 124 Å². The highest BCUT2D eigenvalue weighted by atomic mass is 16.5. The molecule has 0 radical (unpaired) electrons. The third kappa shape index (κ3) is 3.21. The van der Waals surface area contributed by atoms with Crippen molar-refractivity contribution >= 4 is 5.95 Å². The first kappa shape index (κ1) is 15.0. The van der Waals surface area contributed by atoms with Gasteiger partial charge in [-0.05, 0) is 44.0 Å². The van der Waals surface area contributed by atoms with Crippen LogP contribution in [0.2, 0.25) is 0 Å². The van der Waals surface area contributed by atoms with Crippen molar-refractivity contribution < 1.29 is 9.47 Å². The van der Waals surface area contributed by atoms with Crippen molar-refractivity contribution in [2.75, 3.05) is 26.1 Å². The molecule has 1 heterocycles. The Morgan fingerprint density at radius 3 is 2.48 bits per heavy atom. The number of methoxy groups -OCH3 is 1. The summed E-state index contributed by atoms with van der Waals surface area (Å²) in [4.78, 5) is 13.0. The summed E-state index contributed by atoms with van der Waals surface area (Å²) < 4.78 is 10.7. The first-order valence-electron chi connectivity index (χ1n) is 6.81. The van der Waals surface area contributed by atoms with E-state index in [0.29, 0.717) is 24.4 Å². The van der Waals surface area contributed by atoms with Gasteiger partial charge in [0.15, 0.2) is 5.82 Å². The summed E-state index contributed by atoms with van der Waals surface area (Å²) in [6, 6.07) is 4.31. The number of anilines is 1. The number of rotatable bonds is 5. The number of ether oxygens (including phenoxy) is 2. The molecule has 0 saturated carbocycles. The van der Waals surface area contributed by atoms with Gasteiger partial charge in [-0.25, -0.2) is 0 Å². The van der Waals surface area contributed by atoms with Gasteiger partial charge in [-0.2, -0.15) is 15.0 Å². The minimum absolute atomic E-state index is 0.319. The summed E-state index contributed by atoms with van der Waals surface area (Å²) in [6.45, 7) is 6.39. The Bertz CT molecular complexity index is 644. The van der Waals surface area contributed by atoms with Gasteiger partial charge in [-0.1, -0.05) is 0 Å². The van der Waals surface area contributed by atoms with Crippen molar-refractivity contribution in [2.24, 2.45) is 0 Å². The average Bonchev–Trinajstić information content (AvgIpc) is 2.49. The van der Waals surface area contributed by atoms with Crippen LogP contribution in [0.25, 0.3) is 11.4 Å². The van der Waals surface area contributed by atoms with Crippen molar-refractivity contribution in [1.29, 1.82) is 0 Å². The van der Waals surface area contributed by atoms with Gasteiger partial charge in [0.05, 0.1) is 13.7 Å². The van der Waals surface area contributed by atoms with Crippen LogP contribution in [-0.2, 0) is 0 Å². The normalized spacial score (nSPS) is 10.3. The molecule has 6 heteroatoms. The molecular weight excluding hydrogens is 268 g/mol. The van der Waals surface area contributed by atoms with E-state index >= 15 is 0 Å². The maximum absolute atomic E-state index is 5.40. The van der Waals surface area contributed by atoms with Crippen LogP contribution < -0.4 is 14.8 Å². The molecule has 21 heavy (non-hydrogen) atoms. The Kier molecular flexibility index (Phi) is 4.57. The molecule has 112 valence electrons. The topological polar surface area (TPSA) is 69.2 Å². The standard InChI is InChI=1S/C15H20N4O2/c1-6-21-15-18-13(17-14(16-4)19-15)11-7-10(3)12(20-5)8-9(11)2/h7-8H,6H2,1-5H3,(H,16,17,18,19). The van der Waals surface area contributed by atoms with Gasteiger partial charge in [-0.15, -0.1) is 0 Å². The molecule has 0 amide bonds. The van der Waals surface area contributed by atoms with E-state index in [-0.39, 0.29) is 0 Å². The number of benzene rings is 1. The molecule has 0 atom stereocenters. The van der Waals surface area contributed by atoms with Gasteiger partial charge < -0.3 is 14.8 Å². The van der Waals surface area contributed by atoms with Gasteiger partial charge in [0.2, 0.25) is 5.95 Å². The van der Waals surface area contributed by atoms with Crippen LogP contribution >= 0.6 is 0 Å². The SMILES string of the molecule is CCOc1nc(NC)nc(-c2cc(C)c(OC)cc2C)n1. The lowest BCUT2D eigenvalue weighted by Gasteiger charge is -2.12. The highest BCUT2D eigenvalue weighted by Gasteiger charge is 2.13. The van der Waals surface area contributed by atoms with E-state index in [4.69, 9.17) is 9.47 Å². The molecule has 2 rings (SSSR count). The Hall–Kier alpha value is -2.37. The quantitative estimate of drug-likeness (QED) is 0.912. The molecule has 0 saturated heterocycles. The summed E-state index contributed by atoms with van der Waals surface area (Å²) in [6.07, 6.45) is 0. The first-order chi connectivity index (χ1) is 10.1. The monoisotopic (exact) mass is 288 g/mol. The molecule has 0 fully saturated rings. The van der Waals surface area contributed by atoms with Crippen molar-refractivity contribution in [3.63, 3.8) is 0 Å². The van der Waals surface area contributed by atoms with E-state index in [1.165, 1.54) is 0 Å². The summed E-state index contributed by atoms with van der Waals surface area (Å²) >= 11 is 0. The molecular formula is C15H20N4O2. The second-order valence-electron chi connectivity index (χ2n) is 4.58. The smallest absolute Gasteiger partial charge is 0.321 e. The van der Waals surface area contributed by atoms with E-state index in [0.717, 1.165) is 22.4 Å². The van der Waals surface area contributed by atoms with Crippen LogP contribution in [0.4, 0.5) is 5.95 Å². The highest BCUT2D eigenvalue weighted by Crippen LogP contribution is 2.29. The second-order valence-corrected chi connectivity index (χ2v) is 4.58.